The number of Topliss-reactive ketones (excluding diaryl/α,β-unsaturated/α-hetero) is 1. The Hall–Kier alpha value is -3.48. The summed E-state index contributed by atoms with van der Waals surface area (Å²) < 4.78 is 0. The van der Waals surface area contributed by atoms with Crippen molar-refractivity contribution in [3.05, 3.63) is 93.5 Å². The van der Waals surface area contributed by atoms with Crippen LogP contribution in [0.2, 0.25) is 5.02 Å². The largest absolute Gasteiger partial charge is 0.325 e. The van der Waals surface area contributed by atoms with Gasteiger partial charge < -0.3 is 10.6 Å². The third kappa shape index (κ3) is 2.53. The molecule has 4 aliphatic heterocycles. The van der Waals surface area contributed by atoms with E-state index < -0.39 is 16.9 Å². The lowest BCUT2D eigenvalue weighted by Gasteiger charge is -2.43. The molecule has 7 rings (SSSR count). The van der Waals surface area contributed by atoms with E-state index >= 15 is 0 Å². The van der Waals surface area contributed by atoms with Crippen LogP contribution in [-0.4, -0.2) is 35.1 Å². The highest BCUT2D eigenvalue weighted by Gasteiger charge is 2.81. The topological polar surface area (TPSA) is 78.5 Å². The van der Waals surface area contributed by atoms with Crippen LogP contribution in [-0.2, 0) is 20.5 Å². The minimum Gasteiger partial charge on any atom is -0.325 e. The summed E-state index contributed by atoms with van der Waals surface area (Å²) in [6.45, 7) is 4.64. The van der Waals surface area contributed by atoms with Crippen molar-refractivity contribution in [2.45, 2.75) is 43.7 Å². The number of anilines is 2. The molecule has 0 radical (unpaired) electrons. The molecule has 2 fully saturated rings. The second-order valence-electron chi connectivity index (χ2n) is 10.7. The Morgan fingerprint density at radius 2 is 1.70 bits per heavy atom. The molecule has 186 valence electrons. The van der Waals surface area contributed by atoms with E-state index in [1.165, 1.54) is 0 Å². The van der Waals surface area contributed by atoms with Crippen LogP contribution in [0.5, 0.6) is 0 Å². The van der Waals surface area contributed by atoms with Crippen LogP contribution in [0, 0.1) is 19.8 Å². The van der Waals surface area contributed by atoms with E-state index in [9.17, 15) is 14.4 Å². The molecule has 2 spiro atoms. The predicted molar refractivity (Wildman–Crippen MR) is 142 cm³/mol. The van der Waals surface area contributed by atoms with Gasteiger partial charge in [0.05, 0.1) is 5.92 Å². The van der Waals surface area contributed by atoms with Crippen LogP contribution < -0.4 is 10.6 Å². The number of hydrogen-bond acceptors (Lipinski definition) is 4. The van der Waals surface area contributed by atoms with E-state index in [0.717, 1.165) is 35.2 Å². The summed E-state index contributed by atoms with van der Waals surface area (Å²) in [6, 6.07) is 18.1. The Labute approximate surface area is 220 Å². The maximum absolute atomic E-state index is 14.5. The monoisotopic (exact) mass is 511 g/mol. The van der Waals surface area contributed by atoms with Crippen LogP contribution >= 0.6 is 11.6 Å². The fourth-order valence-electron chi connectivity index (χ4n) is 7.69. The van der Waals surface area contributed by atoms with E-state index in [1.54, 1.807) is 24.3 Å². The zero-order valence-corrected chi connectivity index (χ0v) is 21.4. The first-order valence-electron chi connectivity index (χ1n) is 12.7. The molecule has 3 aromatic carbocycles. The second kappa shape index (κ2) is 7.53. The Morgan fingerprint density at radius 1 is 0.946 bits per heavy atom. The van der Waals surface area contributed by atoms with Crippen molar-refractivity contribution in [3.8, 4) is 0 Å². The zero-order valence-electron chi connectivity index (χ0n) is 20.6. The van der Waals surface area contributed by atoms with Gasteiger partial charge >= 0.3 is 0 Å². The summed E-state index contributed by atoms with van der Waals surface area (Å²) in [4.78, 5) is 45.6. The number of halogens is 1. The number of nitrogens with one attached hydrogen (secondary N) is 2. The molecule has 4 atom stereocenters. The Morgan fingerprint density at radius 3 is 2.49 bits per heavy atom. The van der Waals surface area contributed by atoms with Crippen LogP contribution in [0.15, 0.2) is 60.7 Å². The molecule has 2 saturated heterocycles. The van der Waals surface area contributed by atoms with Gasteiger partial charge in [0.2, 0.25) is 5.91 Å². The summed E-state index contributed by atoms with van der Waals surface area (Å²) >= 11 is 6.14. The maximum atomic E-state index is 14.5. The molecule has 6 nitrogen and oxygen atoms in total. The normalized spacial score (nSPS) is 29.4. The first-order chi connectivity index (χ1) is 17.8. The quantitative estimate of drug-likeness (QED) is 0.476. The standard InChI is InChI=1S/C30H26ClN3O3/c1-16-9-14-21-25(17(16)2)33-28(37)30(21)29(20-6-3-4-7-22(20)32-27(29)36)24(23-8-5-15-34(23)30)26(35)18-10-12-19(31)13-11-18/h3-4,6-7,9-14,23-24H,5,8,15H2,1-2H3,(H,32,36)(H,33,37)/t23-,24-,29+,30+/m0/s1. The van der Waals surface area contributed by atoms with Crippen LogP contribution in [0.25, 0.3) is 0 Å². The molecule has 4 heterocycles. The first kappa shape index (κ1) is 22.7. The number of para-hydroxylation sites is 1. The smallest absolute Gasteiger partial charge is 0.251 e. The Bertz CT molecular complexity index is 1530. The van der Waals surface area contributed by atoms with Gasteiger partial charge in [0.1, 0.15) is 11.0 Å². The first-order valence-corrected chi connectivity index (χ1v) is 13.1. The Kier molecular flexibility index (Phi) is 4.62. The highest BCUT2D eigenvalue weighted by atomic mass is 35.5. The highest BCUT2D eigenvalue weighted by molar-refractivity contribution is 6.30. The molecule has 37 heavy (non-hydrogen) atoms. The van der Waals surface area contributed by atoms with Crippen molar-refractivity contribution >= 4 is 40.6 Å². The van der Waals surface area contributed by atoms with E-state index in [1.807, 2.05) is 50.2 Å². The lowest BCUT2D eigenvalue weighted by Crippen LogP contribution is -2.62. The number of carbonyl (C=O) groups is 3. The number of hydrogen-bond donors (Lipinski definition) is 2. The molecule has 0 bridgehead atoms. The van der Waals surface area contributed by atoms with E-state index in [4.69, 9.17) is 11.6 Å². The molecule has 0 saturated carbocycles. The van der Waals surface area contributed by atoms with Gasteiger partial charge in [0.25, 0.3) is 5.91 Å². The number of rotatable bonds is 2. The SMILES string of the molecule is Cc1ccc2c(c1C)NC(=O)[C@]21N2CCC[C@H]2[C@@H](C(=O)c2ccc(Cl)cc2)[C@]12C(=O)Nc1ccccc12. The highest BCUT2D eigenvalue weighted by Crippen LogP contribution is 2.68. The third-order valence-electron chi connectivity index (χ3n) is 9.21. The van der Waals surface area contributed by atoms with E-state index in [2.05, 4.69) is 15.5 Å². The zero-order chi connectivity index (χ0) is 25.7. The number of benzene rings is 3. The van der Waals surface area contributed by atoms with Crippen LogP contribution in [0.3, 0.4) is 0 Å². The predicted octanol–water partition coefficient (Wildman–Crippen LogP) is 4.97. The maximum Gasteiger partial charge on any atom is 0.251 e. The van der Waals surface area contributed by atoms with Gasteiger partial charge in [-0.1, -0.05) is 41.9 Å². The molecule has 2 amide bonds. The summed E-state index contributed by atoms with van der Waals surface area (Å²) in [5.41, 5.74) is 2.67. The van der Waals surface area contributed by atoms with Gasteiger partial charge in [0.15, 0.2) is 5.78 Å². The van der Waals surface area contributed by atoms with Gasteiger partial charge in [-0.05, 0) is 80.3 Å². The summed E-state index contributed by atoms with van der Waals surface area (Å²) in [6.07, 6.45) is 1.58. The van der Waals surface area contributed by atoms with Crippen LogP contribution in [0.1, 0.15) is 45.5 Å². The fraction of sp³-hybridized carbons (Fsp3) is 0.300. The lowest BCUT2D eigenvalue weighted by molar-refractivity contribution is -0.137. The minimum atomic E-state index is -1.43. The van der Waals surface area contributed by atoms with Gasteiger partial charge in [0, 0.05) is 33.6 Å². The number of nitrogens with zero attached hydrogens (tertiary/aromatic N) is 1. The summed E-state index contributed by atoms with van der Waals surface area (Å²) in [5.74, 6) is -1.42. The lowest BCUT2D eigenvalue weighted by atomic mass is 9.57. The summed E-state index contributed by atoms with van der Waals surface area (Å²) in [7, 11) is 0. The van der Waals surface area contributed by atoms with E-state index in [0.29, 0.717) is 28.4 Å². The van der Waals surface area contributed by atoms with Gasteiger partial charge in [-0.3, -0.25) is 19.3 Å². The molecule has 0 unspecified atom stereocenters. The molecular weight excluding hydrogens is 486 g/mol. The number of carbonyl (C=O) groups excluding carboxylic acids is 3. The van der Waals surface area contributed by atoms with Gasteiger partial charge in [-0.15, -0.1) is 0 Å². The van der Waals surface area contributed by atoms with Crippen molar-refractivity contribution in [1.82, 2.24) is 4.90 Å². The van der Waals surface area contributed by atoms with Crippen molar-refractivity contribution < 1.29 is 14.4 Å². The fourth-order valence-corrected chi connectivity index (χ4v) is 7.82. The minimum absolute atomic E-state index is 0.137. The average Bonchev–Trinajstić information content (AvgIpc) is 3.61. The molecule has 0 aliphatic carbocycles. The summed E-state index contributed by atoms with van der Waals surface area (Å²) in [5, 5.41) is 6.78. The average molecular weight is 512 g/mol. The second-order valence-corrected chi connectivity index (χ2v) is 11.1. The van der Waals surface area contributed by atoms with Crippen molar-refractivity contribution in [2.24, 2.45) is 5.92 Å². The number of ketones is 1. The van der Waals surface area contributed by atoms with Gasteiger partial charge in [-0.2, -0.15) is 0 Å². The van der Waals surface area contributed by atoms with Crippen molar-refractivity contribution in [3.63, 3.8) is 0 Å². The molecule has 7 heteroatoms. The molecule has 3 aromatic rings. The van der Waals surface area contributed by atoms with Crippen LogP contribution in [0.4, 0.5) is 11.4 Å². The number of amides is 2. The number of fused-ring (bicyclic) bond motifs is 7. The van der Waals surface area contributed by atoms with Gasteiger partial charge in [-0.25, -0.2) is 0 Å². The molecule has 0 aromatic heterocycles. The Balaban J connectivity index is 1.59. The van der Waals surface area contributed by atoms with E-state index in [-0.39, 0.29) is 23.6 Å². The molecule has 2 N–H and O–H groups in total. The molecule has 4 aliphatic rings. The van der Waals surface area contributed by atoms with Crippen molar-refractivity contribution in [2.75, 3.05) is 17.2 Å². The van der Waals surface area contributed by atoms with Crippen molar-refractivity contribution in [1.29, 1.82) is 0 Å². The number of aryl methyl sites for hydroxylation is 1. The molecular formula is C30H26ClN3O3. The third-order valence-corrected chi connectivity index (χ3v) is 9.47.